The first-order valence-corrected chi connectivity index (χ1v) is 8.18. The number of hydrogen-bond donors (Lipinski definition) is 1. The molecular formula is C11H15N3O2S2. The topological polar surface area (TPSA) is 82.8 Å². The van der Waals surface area contributed by atoms with Crippen LogP contribution < -0.4 is 4.72 Å². The van der Waals surface area contributed by atoms with Gasteiger partial charge in [0, 0.05) is 12.7 Å². The molecule has 0 atom stereocenters. The summed E-state index contributed by atoms with van der Waals surface area (Å²) in [5.41, 5.74) is -0.0760. The molecule has 0 unspecified atom stereocenters. The summed E-state index contributed by atoms with van der Waals surface area (Å²) in [7, 11) is -3.63. The zero-order valence-electron chi connectivity index (χ0n) is 10.1. The maximum Gasteiger partial charge on any atom is 0.243 e. The van der Waals surface area contributed by atoms with E-state index in [9.17, 15) is 8.42 Å². The van der Waals surface area contributed by atoms with Crippen molar-refractivity contribution < 1.29 is 8.42 Å². The SMILES string of the molecule is CCSCCCNS(=O)(=O)c1cccnc1C#N. The molecule has 0 aliphatic heterocycles. The van der Waals surface area contributed by atoms with E-state index in [2.05, 4.69) is 16.6 Å². The zero-order chi connectivity index (χ0) is 13.4. The monoisotopic (exact) mass is 285 g/mol. The van der Waals surface area contributed by atoms with Gasteiger partial charge in [-0.3, -0.25) is 0 Å². The van der Waals surface area contributed by atoms with Crippen molar-refractivity contribution in [3.63, 3.8) is 0 Å². The summed E-state index contributed by atoms with van der Waals surface area (Å²) in [5.74, 6) is 1.94. The Morgan fingerprint density at radius 1 is 1.56 bits per heavy atom. The van der Waals surface area contributed by atoms with Crippen LogP contribution in [0.15, 0.2) is 23.2 Å². The second kappa shape index (κ2) is 7.36. The minimum absolute atomic E-state index is 0.0596. The quantitative estimate of drug-likeness (QED) is 0.765. The van der Waals surface area contributed by atoms with E-state index in [1.54, 1.807) is 17.8 Å². The van der Waals surface area contributed by atoms with E-state index in [1.807, 2.05) is 0 Å². The van der Waals surface area contributed by atoms with Crippen LogP contribution >= 0.6 is 11.8 Å². The fourth-order valence-corrected chi connectivity index (χ4v) is 3.11. The molecule has 1 aromatic heterocycles. The normalized spacial score (nSPS) is 11.1. The van der Waals surface area contributed by atoms with Crippen LogP contribution in [0.4, 0.5) is 0 Å². The largest absolute Gasteiger partial charge is 0.244 e. The van der Waals surface area contributed by atoms with E-state index in [4.69, 9.17) is 5.26 Å². The summed E-state index contributed by atoms with van der Waals surface area (Å²) in [4.78, 5) is 3.68. The smallest absolute Gasteiger partial charge is 0.243 e. The summed E-state index contributed by atoms with van der Waals surface area (Å²) < 4.78 is 26.3. The standard InChI is InChI=1S/C11H15N3O2S2/c1-2-17-8-4-7-14-18(15,16)11-5-3-6-13-10(11)9-12/h3,5-6,14H,2,4,7-8H2,1H3. The second-order valence-corrected chi connectivity index (χ2v) is 6.54. The number of rotatable bonds is 7. The number of thioether (sulfide) groups is 1. The molecule has 1 N–H and O–H groups in total. The average molecular weight is 285 g/mol. The van der Waals surface area contributed by atoms with Crippen molar-refractivity contribution >= 4 is 21.8 Å². The molecule has 0 radical (unpaired) electrons. The highest BCUT2D eigenvalue weighted by Gasteiger charge is 2.18. The summed E-state index contributed by atoms with van der Waals surface area (Å²) >= 11 is 1.76. The number of nitrogens with zero attached hydrogens (tertiary/aromatic N) is 2. The van der Waals surface area contributed by atoms with E-state index in [0.29, 0.717) is 6.54 Å². The molecular weight excluding hydrogens is 270 g/mol. The molecule has 7 heteroatoms. The first-order chi connectivity index (χ1) is 8.61. The molecule has 0 amide bonds. The number of nitriles is 1. The van der Waals surface area contributed by atoms with Gasteiger partial charge in [0.2, 0.25) is 10.0 Å². The molecule has 1 rings (SSSR count). The first-order valence-electron chi connectivity index (χ1n) is 5.54. The van der Waals surface area contributed by atoms with Crippen LogP contribution in [-0.4, -0.2) is 31.5 Å². The maximum absolute atomic E-state index is 11.9. The van der Waals surface area contributed by atoms with E-state index in [1.165, 1.54) is 18.3 Å². The van der Waals surface area contributed by atoms with Crippen molar-refractivity contribution in [3.8, 4) is 6.07 Å². The Balaban J connectivity index is 2.67. The molecule has 1 heterocycles. The van der Waals surface area contributed by atoms with Gasteiger partial charge in [0.05, 0.1) is 0 Å². The van der Waals surface area contributed by atoms with Crippen LogP contribution in [0.1, 0.15) is 19.0 Å². The van der Waals surface area contributed by atoms with Crippen LogP contribution in [0, 0.1) is 11.3 Å². The minimum Gasteiger partial charge on any atom is -0.244 e. The van der Waals surface area contributed by atoms with Crippen LogP contribution in [-0.2, 0) is 10.0 Å². The molecule has 0 spiro atoms. The Morgan fingerprint density at radius 2 is 2.33 bits per heavy atom. The number of nitrogens with one attached hydrogen (secondary N) is 1. The van der Waals surface area contributed by atoms with Gasteiger partial charge in [0.25, 0.3) is 0 Å². The average Bonchev–Trinajstić information content (AvgIpc) is 2.38. The summed E-state index contributed by atoms with van der Waals surface area (Å²) in [6.07, 6.45) is 2.16. The lowest BCUT2D eigenvalue weighted by molar-refractivity contribution is 0.580. The molecule has 0 bridgehead atoms. The van der Waals surface area contributed by atoms with Gasteiger partial charge in [-0.15, -0.1) is 0 Å². The van der Waals surface area contributed by atoms with Crippen molar-refractivity contribution in [2.24, 2.45) is 0 Å². The molecule has 0 saturated carbocycles. The highest BCUT2D eigenvalue weighted by atomic mass is 32.2. The molecule has 0 fully saturated rings. The number of sulfonamides is 1. The molecule has 0 aliphatic rings. The van der Waals surface area contributed by atoms with Gasteiger partial charge in [0.1, 0.15) is 11.0 Å². The third kappa shape index (κ3) is 4.29. The summed E-state index contributed by atoms with van der Waals surface area (Å²) in [6.45, 7) is 2.43. The Hall–Kier alpha value is -1.10. The minimum atomic E-state index is -3.63. The lowest BCUT2D eigenvalue weighted by Crippen LogP contribution is -2.26. The third-order valence-corrected chi connectivity index (χ3v) is 4.61. The third-order valence-electron chi connectivity index (χ3n) is 2.13. The van der Waals surface area contributed by atoms with Gasteiger partial charge in [-0.1, -0.05) is 6.92 Å². The molecule has 0 saturated heterocycles. The summed E-state index contributed by atoms with van der Waals surface area (Å²) in [5, 5.41) is 8.82. The van der Waals surface area contributed by atoms with Gasteiger partial charge in [-0.2, -0.15) is 17.0 Å². The molecule has 5 nitrogen and oxygen atoms in total. The predicted molar refractivity (Wildman–Crippen MR) is 71.8 cm³/mol. The Bertz CT molecular complexity index is 523. The highest BCUT2D eigenvalue weighted by molar-refractivity contribution is 7.99. The summed E-state index contributed by atoms with van der Waals surface area (Å²) in [6, 6.07) is 4.66. The van der Waals surface area contributed by atoms with Crippen LogP contribution in [0.25, 0.3) is 0 Å². The van der Waals surface area contributed by atoms with E-state index in [0.717, 1.165) is 17.9 Å². The Morgan fingerprint density at radius 3 is 3.00 bits per heavy atom. The van der Waals surface area contributed by atoms with Crippen molar-refractivity contribution in [1.82, 2.24) is 9.71 Å². The highest BCUT2D eigenvalue weighted by Crippen LogP contribution is 2.11. The van der Waals surface area contributed by atoms with E-state index in [-0.39, 0.29) is 10.6 Å². The van der Waals surface area contributed by atoms with E-state index >= 15 is 0 Å². The van der Waals surface area contributed by atoms with Crippen LogP contribution in [0.2, 0.25) is 0 Å². The van der Waals surface area contributed by atoms with E-state index < -0.39 is 10.0 Å². The lowest BCUT2D eigenvalue weighted by atomic mass is 10.4. The maximum atomic E-state index is 11.9. The van der Waals surface area contributed by atoms with Crippen LogP contribution in [0.5, 0.6) is 0 Å². The fourth-order valence-electron chi connectivity index (χ4n) is 1.29. The van der Waals surface area contributed by atoms with Gasteiger partial charge in [0.15, 0.2) is 5.69 Å². The lowest BCUT2D eigenvalue weighted by Gasteiger charge is -2.07. The zero-order valence-corrected chi connectivity index (χ0v) is 11.7. The molecule has 98 valence electrons. The van der Waals surface area contributed by atoms with Crippen LogP contribution in [0.3, 0.4) is 0 Å². The molecule has 18 heavy (non-hydrogen) atoms. The van der Waals surface area contributed by atoms with Gasteiger partial charge < -0.3 is 0 Å². The number of pyridine rings is 1. The number of aromatic nitrogens is 1. The fraction of sp³-hybridized carbons (Fsp3) is 0.455. The van der Waals surface area contributed by atoms with Crippen molar-refractivity contribution in [3.05, 3.63) is 24.0 Å². The number of hydrogen-bond acceptors (Lipinski definition) is 5. The molecule has 1 aromatic rings. The Kier molecular flexibility index (Phi) is 6.12. The van der Waals surface area contributed by atoms with Gasteiger partial charge in [-0.25, -0.2) is 18.1 Å². The van der Waals surface area contributed by atoms with Crippen molar-refractivity contribution in [2.45, 2.75) is 18.2 Å². The molecule has 0 aliphatic carbocycles. The van der Waals surface area contributed by atoms with Crippen molar-refractivity contribution in [2.75, 3.05) is 18.1 Å². The second-order valence-electron chi connectivity index (χ2n) is 3.41. The van der Waals surface area contributed by atoms with Gasteiger partial charge >= 0.3 is 0 Å². The van der Waals surface area contributed by atoms with Crippen molar-refractivity contribution in [1.29, 1.82) is 5.26 Å². The Labute approximate surface area is 112 Å². The van der Waals surface area contributed by atoms with Gasteiger partial charge in [-0.05, 0) is 30.1 Å². The molecule has 0 aromatic carbocycles. The first kappa shape index (κ1) is 15.0. The predicted octanol–water partition coefficient (Wildman–Crippen LogP) is 1.37.